The number of benzene rings is 2. The van der Waals surface area contributed by atoms with Gasteiger partial charge in [0.25, 0.3) is 0 Å². The van der Waals surface area contributed by atoms with Crippen LogP contribution in [0.1, 0.15) is 15.9 Å². The van der Waals surface area contributed by atoms with Crippen LogP contribution in [0.25, 0.3) is 10.9 Å². The molecule has 1 N–H and O–H groups in total. The van der Waals surface area contributed by atoms with Crippen molar-refractivity contribution >= 4 is 16.7 Å². The number of rotatable bonds is 3. The van der Waals surface area contributed by atoms with Gasteiger partial charge < -0.3 is 9.72 Å². The number of carbonyl (C=O) groups is 1. The topological polar surface area (TPSA) is 42.1 Å². The first-order chi connectivity index (χ1) is 9.29. The molecule has 0 saturated heterocycles. The molecule has 94 valence electrons. The van der Waals surface area contributed by atoms with Gasteiger partial charge in [-0.1, -0.05) is 30.3 Å². The Morgan fingerprint density at radius 2 is 1.89 bits per heavy atom. The number of carbonyl (C=O) groups excluding carboxylic acids is 1. The van der Waals surface area contributed by atoms with E-state index in [-0.39, 0.29) is 5.78 Å². The first-order valence-corrected chi connectivity index (χ1v) is 6.04. The molecule has 0 aliphatic rings. The lowest BCUT2D eigenvalue weighted by Crippen LogP contribution is -1.99. The molecule has 0 aliphatic heterocycles. The van der Waals surface area contributed by atoms with Crippen molar-refractivity contribution in [1.29, 1.82) is 0 Å². The summed E-state index contributed by atoms with van der Waals surface area (Å²) in [6.07, 6.45) is 1.75. The van der Waals surface area contributed by atoms with Gasteiger partial charge in [-0.2, -0.15) is 0 Å². The average Bonchev–Trinajstić information content (AvgIpc) is 2.90. The van der Waals surface area contributed by atoms with Crippen molar-refractivity contribution in [2.24, 2.45) is 0 Å². The van der Waals surface area contributed by atoms with Crippen molar-refractivity contribution in [1.82, 2.24) is 4.98 Å². The standard InChI is InChI=1S/C16H13NO2/c1-19-12-7-8-13-14(10-17-15(13)9-12)16(18)11-5-3-2-4-6-11/h2-10,17H,1H3. The van der Waals surface area contributed by atoms with E-state index < -0.39 is 0 Å². The molecule has 0 bridgehead atoms. The van der Waals surface area contributed by atoms with E-state index in [4.69, 9.17) is 4.74 Å². The van der Waals surface area contributed by atoms with Gasteiger partial charge in [-0.15, -0.1) is 0 Å². The van der Waals surface area contributed by atoms with Crippen LogP contribution in [0.5, 0.6) is 5.75 Å². The molecule has 0 radical (unpaired) electrons. The van der Waals surface area contributed by atoms with E-state index >= 15 is 0 Å². The van der Waals surface area contributed by atoms with Crippen LogP contribution >= 0.6 is 0 Å². The highest BCUT2D eigenvalue weighted by molar-refractivity contribution is 6.16. The van der Waals surface area contributed by atoms with E-state index in [2.05, 4.69) is 4.98 Å². The third-order valence-corrected chi connectivity index (χ3v) is 3.17. The van der Waals surface area contributed by atoms with E-state index in [1.54, 1.807) is 13.3 Å². The largest absolute Gasteiger partial charge is 0.497 e. The van der Waals surface area contributed by atoms with Gasteiger partial charge in [-0.25, -0.2) is 0 Å². The van der Waals surface area contributed by atoms with E-state index in [1.165, 1.54) is 0 Å². The van der Waals surface area contributed by atoms with Crippen molar-refractivity contribution in [3.63, 3.8) is 0 Å². The summed E-state index contributed by atoms with van der Waals surface area (Å²) in [5, 5.41) is 0.912. The second-order valence-corrected chi connectivity index (χ2v) is 4.31. The molecule has 0 fully saturated rings. The number of aromatic nitrogens is 1. The lowest BCUT2D eigenvalue weighted by atomic mass is 10.0. The quantitative estimate of drug-likeness (QED) is 0.725. The van der Waals surface area contributed by atoms with Gasteiger partial charge in [0.2, 0.25) is 0 Å². The molecular formula is C16H13NO2. The Bertz CT molecular complexity index is 729. The van der Waals surface area contributed by atoms with Crippen LogP contribution in [0.15, 0.2) is 54.7 Å². The number of fused-ring (bicyclic) bond motifs is 1. The summed E-state index contributed by atoms with van der Waals surface area (Å²) >= 11 is 0. The van der Waals surface area contributed by atoms with Crippen LogP contribution in [0, 0.1) is 0 Å². The average molecular weight is 251 g/mol. The van der Waals surface area contributed by atoms with Crippen LogP contribution in [-0.4, -0.2) is 17.9 Å². The fourth-order valence-electron chi connectivity index (χ4n) is 2.17. The molecule has 0 atom stereocenters. The zero-order valence-corrected chi connectivity index (χ0v) is 10.5. The zero-order chi connectivity index (χ0) is 13.2. The third kappa shape index (κ3) is 1.99. The van der Waals surface area contributed by atoms with Gasteiger partial charge in [-0.3, -0.25) is 4.79 Å². The summed E-state index contributed by atoms with van der Waals surface area (Å²) in [6.45, 7) is 0. The maximum absolute atomic E-state index is 12.4. The predicted molar refractivity (Wildman–Crippen MR) is 74.7 cm³/mol. The Kier molecular flexibility index (Phi) is 2.80. The van der Waals surface area contributed by atoms with Gasteiger partial charge >= 0.3 is 0 Å². The monoisotopic (exact) mass is 251 g/mol. The van der Waals surface area contributed by atoms with Crippen molar-refractivity contribution < 1.29 is 9.53 Å². The Hall–Kier alpha value is -2.55. The highest BCUT2D eigenvalue weighted by Gasteiger charge is 2.13. The zero-order valence-electron chi connectivity index (χ0n) is 10.5. The molecule has 0 amide bonds. The third-order valence-electron chi connectivity index (χ3n) is 3.17. The van der Waals surface area contributed by atoms with Crippen molar-refractivity contribution in [2.75, 3.05) is 7.11 Å². The predicted octanol–water partition coefficient (Wildman–Crippen LogP) is 3.41. The summed E-state index contributed by atoms with van der Waals surface area (Å²) in [6, 6.07) is 14.9. The molecule has 3 heteroatoms. The number of nitrogens with one attached hydrogen (secondary N) is 1. The molecule has 2 aromatic carbocycles. The lowest BCUT2D eigenvalue weighted by Gasteiger charge is -2.01. The van der Waals surface area contributed by atoms with E-state index in [9.17, 15) is 4.79 Å². The normalized spacial score (nSPS) is 10.6. The van der Waals surface area contributed by atoms with E-state index in [0.717, 1.165) is 16.7 Å². The van der Waals surface area contributed by atoms with Gasteiger partial charge in [-0.05, 0) is 12.1 Å². The Balaban J connectivity index is 2.09. The van der Waals surface area contributed by atoms with E-state index in [1.807, 2.05) is 48.5 Å². The van der Waals surface area contributed by atoms with Crippen LogP contribution < -0.4 is 4.74 Å². The second-order valence-electron chi connectivity index (χ2n) is 4.31. The van der Waals surface area contributed by atoms with Crippen LogP contribution in [0.3, 0.4) is 0 Å². The number of H-pyrrole nitrogens is 1. The Labute approximate surface area is 110 Å². The molecule has 1 aromatic heterocycles. The summed E-state index contributed by atoms with van der Waals surface area (Å²) in [5.41, 5.74) is 2.28. The fourth-order valence-corrected chi connectivity index (χ4v) is 2.17. The maximum atomic E-state index is 12.4. The van der Waals surface area contributed by atoms with E-state index in [0.29, 0.717) is 11.1 Å². The first-order valence-electron chi connectivity index (χ1n) is 6.04. The van der Waals surface area contributed by atoms with Crippen LogP contribution in [0.4, 0.5) is 0 Å². The van der Waals surface area contributed by atoms with Crippen molar-refractivity contribution in [2.45, 2.75) is 0 Å². The molecule has 0 unspecified atom stereocenters. The molecule has 3 rings (SSSR count). The Morgan fingerprint density at radius 1 is 1.11 bits per heavy atom. The number of ketones is 1. The minimum Gasteiger partial charge on any atom is -0.497 e. The highest BCUT2D eigenvalue weighted by Crippen LogP contribution is 2.24. The lowest BCUT2D eigenvalue weighted by molar-refractivity contribution is 0.104. The highest BCUT2D eigenvalue weighted by atomic mass is 16.5. The van der Waals surface area contributed by atoms with Gasteiger partial charge in [0.1, 0.15) is 5.75 Å². The smallest absolute Gasteiger partial charge is 0.195 e. The number of ether oxygens (including phenoxy) is 1. The van der Waals surface area contributed by atoms with Gasteiger partial charge in [0.05, 0.1) is 7.11 Å². The molecular weight excluding hydrogens is 238 g/mol. The minimum absolute atomic E-state index is 0.0250. The first kappa shape index (κ1) is 11.5. The SMILES string of the molecule is COc1ccc2c(C(=O)c3ccccc3)c[nH]c2c1. The molecule has 0 aliphatic carbocycles. The van der Waals surface area contributed by atoms with Crippen molar-refractivity contribution in [3.8, 4) is 5.75 Å². The number of methoxy groups -OCH3 is 1. The van der Waals surface area contributed by atoms with Gasteiger partial charge in [0.15, 0.2) is 5.78 Å². The molecule has 3 nitrogen and oxygen atoms in total. The molecule has 0 saturated carbocycles. The van der Waals surface area contributed by atoms with Crippen molar-refractivity contribution in [3.05, 3.63) is 65.9 Å². The van der Waals surface area contributed by atoms with Gasteiger partial charge in [0, 0.05) is 34.3 Å². The number of aromatic amines is 1. The summed E-state index contributed by atoms with van der Waals surface area (Å²) in [4.78, 5) is 15.5. The molecule has 3 aromatic rings. The number of hydrogen-bond acceptors (Lipinski definition) is 2. The molecule has 0 spiro atoms. The maximum Gasteiger partial charge on any atom is 0.195 e. The fraction of sp³-hybridized carbons (Fsp3) is 0.0625. The molecule has 19 heavy (non-hydrogen) atoms. The minimum atomic E-state index is 0.0250. The Morgan fingerprint density at radius 3 is 2.63 bits per heavy atom. The second kappa shape index (κ2) is 4.61. The summed E-state index contributed by atoms with van der Waals surface area (Å²) in [7, 11) is 1.63. The van der Waals surface area contributed by atoms with Crippen LogP contribution in [0.2, 0.25) is 0 Å². The summed E-state index contributed by atoms with van der Waals surface area (Å²) < 4.78 is 5.17. The van der Waals surface area contributed by atoms with Crippen LogP contribution in [-0.2, 0) is 0 Å². The molecule has 1 heterocycles. The number of hydrogen-bond donors (Lipinski definition) is 1. The summed E-state index contributed by atoms with van der Waals surface area (Å²) in [5.74, 6) is 0.796.